The summed E-state index contributed by atoms with van der Waals surface area (Å²) in [5.74, 6) is 0.654. The van der Waals surface area contributed by atoms with E-state index < -0.39 is 21.8 Å². The zero-order chi connectivity index (χ0) is 24.4. The van der Waals surface area contributed by atoms with Crippen LogP contribution in [-0.4, -0.2) is 56.9 Å². The average Bonchev–Trinajstić information content (AvgIpc) is 2.78. The van der Waals surface area contributed by atoms with Crippen molar-refractivity contribution in [1.82, 2.24) is 14.5 Å². The summed E-state index contributed by atoms with van der Waals surface area (Å²) in [7, 11) is -2.41. The zero-order valence-corrected chi connectivity index (χ0v) is 19.3. The Morgan fingerprint density at radius 2 is 1.67 bits per heavy atom. The van der Waals surface area contributed by atoms with E-state index in [1.807, 2.05) is 32.0 Å². The smallest absolute Gasteiger partial charge is 0.416 e. The molecule has 2 aromatic carbocycles. The van der Waals surface area contributed by atoms with Gasteiger partial charge in [-0.2, -0.15) is 17.5 Å². The maximum atomic E-state index is 12.8. The second-order valence-corrected chi connectivity index (χ2v) is 9.77. The topological polar surface area (TPSA) is 79.0 Å². The normalized spacial score (nSPS) is 16.4. The standard InChI is InChI=1S/C22H26F3N3O4S/c1-15-4-9-20(32-3)19(14-15)16(2)26-21(29)27-10-12-28(13-11-27)33(30,31)18-7-5-17(6-8-18)22(23,24)25/h4-9,14,16H,10-13H2,1-3H3,(H,26,29). The predicted molar refractivity (Wildman–Crippen MR) is 116 cm³/mol. The van der Waals surface area contributed by atoms with Crippen molar-refractivity contribution in [1.29, 1.82) is 0 Å². The molecule has 1 N–H and O–H groups in total. The van der Waals surface area contributed by atoms with Gasteiger partial charge in [-0.25, -0.2) is 13.2 Å². The molecule has 1 heterocycles. The van der Waals surface area contributed by atoms with Gasteiger partial charge in [0.05, 0.1) is 23.6 Å². The molecule has 11 heteroatoms. The lowest BCUT2D eigenvalue weighted by Crippen LogP contribution is -2.53. The molecule has 0 aliphatic carbocycles. The Bertz CT molecular complexity index is 1100. The number of methoxy groups -OCH3 is 1. The van der Waals surface area contributed by atoms with Crippen LogP contribution in [0.1, 0.15) is 29.7 Å². The molecule has 1 saturated heterocycles. The number of piperazine rings is 1. The van der Waals surface area contributed by atoms with Gasteiger partial charge in [-0.1, -0.05) is 17.7 Å². The Hall–Kier alpha value is -2.79. The molecule has 1 unspecified atom stereocenters. The molecular weight excluding hydrogens is 459 g/mol. The molecule has 33 heavy (non-hydrogen) atoms. The number of nitrogens with one attached hydrogen (secondary N) is 1. The Morgan fingerprint density at radius 1 is 1.06 bits per heavy atom. The molecule has 3 rings (SSSR count). The lowest BCUT2D eigenvalue weighted by atomic mass is 10.0. The number of benzene rings is 2. The number of halogens is 3. The third-order valence-corrected chi connectivity index (χ3v) is 7.45. The lowest BCUT2D eigenvalue weighted by Gasteiger charge is -2.34. The highest BCUT2D eigenvalue weighted by atomic mass is 32.2. The molecule has 1 atom stereocenters. The van der Waals surface area contributed by atoms with Crippen LogP contribution in [-0.2, 0) is 16.2 Å². The number of hydrogen-bond acceptors (Lipinski definition) is 4. The molecule has 0 saturated carbocycles. The summed E-state index contributed by atoms with van der Waals surface area (Å²) in [4.78, 5) is 14.0. The second-order valence-electron chi connectivity index (χ2n) is 7.83. The van der Waals surface area contributed by atoms with Crippen molar-refractivity contribution in [2.45, 2.75) is 31.0 Å². The fourth-order valence-electron chi connectivity index (χ4n) is 3.64. The Morgan fingerprint density at radius 3 is 2.21 bits per heavy atom. The van der Waals surface area contributed by atoms with Gasteiger partial charge in [-0.05, 0) is 44.2 Å². The molecule has 0 bridgehead atoms. The minimum absolute atomic E-state index is 0.0406. The third kappa shape index (κ3) is 5.59. The SMILES string of the molecule is COc1ccc(C)cc1C(C)NC(=O)N1CCN(S(=O)(=O)c2ccc(C(F)(F)F)cc2)CC1. The number of ether oxygens (including phenoxy) is 1. The van der Waals surface area contributed by atoms with E-state index in [4.69, 9.17) is 4.74 Å². The number of nitrogens with zero attached hydrogens (tertiary/aromatic N) is 2. The monoisotopic (exact) mass is 485 g/mol. The van der Waals surface area contributed by atoms with Crippen LogP contribution in [0.25, 0.3) is 0 Å². The molecule has 0 spiro atoms. The van der Waals surface area contributed by atoms with Gasteiger partial charge in [0.1, 0.15) is 5.75 Å². The van der Waals surface area contributed by atoms with E-state index in [0.29, 0.717) is 5.75 Å². The molecule has 0 aromatic heterocycles. The maximum Gasteiger partial charge on any atom is 0.416 e. The van der Waals surface area contributed by atoms with E-state index in [2.05, 4.69) is 5.32 Å². The van der Waals surface area contributed by atoms with Gasteiger partial charge in [0.2, 0.25) is 10.0 Å². The highest BCUT2D eigenvalue weighted by Crippen LogP contribution is 2.30. The summed E-state index contributed by atoms with van der Waals surface area (Å²) >= 11 is 0. The minimum atomic E-state index is -4.54. The molecule has 2 amide bonds. The molecule has 180 valence electrons. The first-order valence-electron chi connectivity index (χ1n) is 10.3. The highest BCUT2D eigenvalue weighted by molar-refractivity contribution is 7.89. The lowest BCUT2D eigenvalue weighted by molar-refractivity contribution is -0.137. The first-order chi connectivity index (χ1) is 15.4. The molecule has 0 radical (unpaired) electrons. The summed E-state index contributed by atoms with van der Waals surface area (Å²) in [6.07, 6.45) is -4.54. The Kier molecular flexibility index (Phi) is 7.23. The number of rotatable bonds is 5. The summed E-state index contributed by atoms with van der Waals surface area (Å²) in [6, 6.07) is 8.40. The van der Waals surface area contributed by atoms with Crippen LogP contribution in [0.15, 0.2) is 47.4 Å². The first kappa shape index (κ1) is 24.8. The quantitative estimate of drug-likeness (QED) is 0.699. The number of carbonyl (C=O) groups excluding carboxylic acids is 1. The summed E-state index contributed by atoms with van der Waals surface area (Å²) in [5.41, 5.74) is 0.936. The Labute approximate surface area is 191 Å². The molecule has 7 nitrogen and oxygen atoms in total. The third-order valence-electron chi connectivity index (χ3n) is 5.54. The van der Waals surface area contributed by atoms with Gasteiger partial charge in [0, 0.05) is 31.7 Å². The summed E-state index contributed by atoms with van der Waals surface area (Å²) in [6.45, 7) is 4.17. The highest BCUT2D eigenvalue weighted by Gasteiger charge is 2.33. The van der Waals surface area contributed by atoms with E-state index in [1.165, 1.54) is 9.21 Å². The van der Waals surface area contributed by atoms with Crippen LogP contribution in [0.2, 0.25) is 0 Å². The van der Waals surface area contributed by atoms with E-state index >= 15 is 0 Å². The van der Waals surface area contributed by atoms with Gasteiger partial charge in [-0.3, -0.25) is 0 Å². The fraction of sp³-hybridized carbons (Fsp3) is 0.409. The van der Waals surface area contributed by atoms with Crippen molar-refractivity contribution in [2.75, 3.05) is 33.3 Å². The number of carbonyl (C=O) groups is 1. The van der Waals surface area contributed by atoms with Crippen LogP contribution in [0.3, 0.4) is 0 Å². The minimum Gasteiger partial charge on any atom is -0.496 e. The largest absolute Gasteiger partial charge is 0.496 e. The van der Waals surface area contributed by atoms with E-state index in [-0.39, 0.29) is 43.1 Å². The summed E-state index contributed by atoms with van der Waals surface area (Å²) in [5, 5.41) is 2.91. The molecule has 1 fully saturated rings. The van der Waals surface area contributed by atoms with Gasteiger partial charge >= 0.3 is 12.2 Å². The number of amides is 2. The van der Waals surface area contributed by atoms with Crippen LogP contribution >= 0.6 is 0 Å². The average molecular weight is 486 g/mol. The molecule has 1 aliphatic rings. The zero-order valence-electron chi connectivity index (χ0n) is 18.5. The van der Waals surface area contributed by atoms with Crippen molar-refractivity contribution in [3.63, 3.8) is 0 Å². The van der Waals surface area contributed by atoms with Crippen LogP contribution in [0, 0.1) is 6.92 Å². The van der Waals surface area contributed by atoms with Crippen molar-refractivity contribution >= 4 is 16.1 Å². The number of hydrogen-bond donors (Lipinski definition) is 1. The maximum absolute atomic E-state index is 12.8. The number of aryl methyl sites for hydroxylation is 1. The second kappa shape index (κ2) is 9.60. The van der Waals surface area contributed by atoms with Gasteiger partial charge in [0.15, 0.2) is 0 Å². The van der Waals surface area contributed by atoms with Crippen molar-refractivity contribution < 1.29 is 31.1 Å². The van der Waals surface area contributed by atoms with Crippen LogP contribution in [0.4, 0.5) is 18.0 Å². The predicted octanol–water partition coefficient (Wildman–Crippen LogP) is 3.80. The van der Waals surface area contributed by atoms with Crippen molar-refractivity contribution in [3.05, 3.63) is 59.2 Å². The van der Waals surface area contributed by atoms with Crippen molar-refractivity contribution in [3.8, 4) is 5.75 Å². The number of alkyl halides is 3. The molecule has 1 aliphatic heterocycles. The number of sulfonamides is 1. The fourth-order valence-corrected chi connectivity index (χ4v) is 5.07. The van der Waals surface area contributed by atoms with E-state index in [9.17, 15) is 26.4 Å². The van der Waals surface area contributed by atoms with E-state index in [1.54, 1.807) is 7.11 Å². The van der Waals surface area contributed by atoms with E-state index in [0.717, 1.165) is 35.4 Å². The molecular formula is C22H26F3N3O4S. The van der Waals surface area contributed by atoms with Gasteiger partial charge < -0.3 is 15.0 Å². The molecule has 2 aromatic rings. The first-order valence-corrected chi connectivity index (χ1v) is 11.7. The van der Waals surface area contributed by atoms with Gasteiger partial charge in [0.25, 0.3) is 0 Å². The van der Waals surface area contributed by atoms with Crippen LogP contribution in [0.5, 0.6) is 5.75 Å². The van der Waals surface area contributed by atoms with Gasteiger partial charge in [-0.15, -0.1) is 0 Å². The number of urea groups is 1. The summed E-state index contributed by atoms with van der Waals surface area (Å²) < 4.78 is 70.4. The van der Waals surface area contributed by atoms with Crippen molar-refractivity contribution in [2.24, 2.45) is 0 Å². The Balaban J connectivity index is 1.62. The van der Waals surface area contributed by atoms with Crippen LogP contribution < -0.4 is 10.1 Å².